The Kier molecular flexibility index (Phi) is 4.22. The Labute approximate surface area is 128 Å². The highest BCUT2D eigenvalue weighted by atomic mass is 16.6. The third-order valence-electron chi connectivity index (χ3n) is 2.94. The Balaban J connectivity index is 2.12. The molecule has 1 aromatic carbocycles. The molecule has 1 aromatic rings. The highest BCUT2D eigenvalue weighted by molar-refractivity contribution is 6.02. The van der Waals surface area contributed by atoms with E-state index in [1.54, 1.807) is 39.0 Å². The molecule has 0 bridgehead atoms. The van der Waals surface area contributed by atoms with Crippen LogP contribution in [0.15, 0.2) is 18.2 Å². The monoisotopic (exact) mass is 302 g/mol. The standard InChI is InChI=1S/C15H18N4O3/c1-15(2,3)22-14(21)18-11-8-17-10-6-4-5-9(7-16)12(10)19-13(11)20/h4-6,11,17H,8H2,1-3H3,(H,18,21)(H,19,20). The van der Waals surface area contributed by atoms with Crippen molar-refractivity contribution in [1.82, 2.24) is 5.32 Å². The molecule has 0 aromatic heterocycles. The van der Waals surface area contributed by atoms with E-state index in [2.05, 4.69) is 16.0 Å². The Bertz CT molecular complexity index is 643. The molecule has 2 rings (SSSR count). The molecule has 0 saturated heterocycles. The van der Waals surface area contributed by atoms with E-state index in [1.165, 1.54) is 0 Å². The van der Waals surface area contributed by atoms with Crippen molar-refractivity contribution in [3.63, 3.8) is 0 Å². The van der Waals surface area contributed by atoms with Crippen LogP contribution < -0.4 is 16.0 Å². The van der Waals surface area contributed by atoms with E-state index in [-0.39, 0.29) is 6.54 Å². The van der Waals surface area contributed by atoms with Crippen LogP contribution in [-0.2, 0) is 9.53 Å². The Morgan fingerprint density at radius 3 is 2.82 bits per heavy atom. The summed E-state index contributed by atoms with van der Waals surface area (Å²) in [6, 6.07) is 6.32. The number of carbonyl (C=O) groups is 2. The van der Waals surface area contributed by atoms with Gasteiger partial charge < -0.3 is 20.7 Å². The number of nitrogens with one attached hydrogen (secondary N) is 3. The normalized spacial score (nSPS) is 17.2. The number of rotatable bonds is 1. The Hall–Kier alpha value is -2.75. The van der Waals surface area contributed by atoms with Gasteiger partial charge >= 0.3 is 6.09 Å². The van der Waals surface area contributed by atoms with Crippen LogP contribution in [0.3, 0.4) is 0 Å². The molecule has 2 amide bonds. The fourth-order valence-electron chi connectivity index (χ4n) is 2.01. The molecule has 116 valence electrons. The molecule has 1 aliphatic heterocycles. The van der Waals surface area contributed by atoms with E-state index in [0.717, 1.165) is 0 Å². The van der Waals surface area contributed by atoms with Crippen molar-refractivity contribution < 1.29 is 14.3 Å². The van der Waals surface area contributed by atoms with E-state index in [0.29, 0.717) is 16.9 Å². The van der Waals surface area contributed by atoms with Gasteiger partial charge in [0.05, 0.1) is 16.9 Å². The second-order valence-electron chi connectivity index (χ2n) is 5.91. The van der Waals surface area contributed by atoms with Crippen LogP contribution in [0.2, 0.25) is 0 Å². The lowest BCUT2D eigenvalue weighted by atomic mass is 10.1. The number of nitriles is 1. The summed E-state index contributed by atoms with van der Waals surface area (Å²) < 4.78 is 5.14. The lowest BCUT2D eigenvalue weighted by Crippen LogP contribution is -2.48. The third-order valence-corrected chi connectivity index (χ3v) is 2.94. The molecule has 0 aliphatic carbocycles. The average molecular weight is 302 g/mol. The fraction of sp³-hybridized carbons (Fsp3) is 0.400. The van der Waals surface area contributed by atoms with Gasteiger partial charge in [-0.1, -0.05) is 6.07 Å². The van der Waals surface area contributed by atoms with E-state index < -0.39 is 23.6 Å². The van der Waals surface area contributed by atoms with Crippen LogP contribution in [0, 0.1) is 11.3 Å². The summed E-state index contributed by atoms with van der Waals surface area (Å²) in [6.07, 6.45) is -0.666. The smallest absolute Gasteiger partial charge is 0.408 e. The molecule has 1 aliphatic rings. The summed E-state index contributed by atoms with van der Waals surface area (Å²) in [5, 5.41) is 17.3. The number of alkyl carbamates (subject to hydrolysis) is 1. The highest BCUT2D eigenvalue weighted by Gasteiger charge is 2.28. The lowest BCUT2D eigenvalue weighted by molar-refractivity contribution is -0.117. The quantitative estimate of drug-likeness (QED) is 0.734. The van der Waals surface area contributed by atoms with Crippen molar-refractivity contribution in [2.24, 2.45) is 0 Å². The van der Waals surface area contributed by atoms with Crippen LogP contribution >= 0.6 is 0 Å². The molecule has 3 N–H and O–H groups in total. The lowest BCUT2D eigenvalue weighted by Gasteiger charge is -2.22. The molecule has 1 heterocycles. The highest BCUT2D eigenvalue weighted by Crippen LogP contribution is 2.27. The fourth-order valence-corrected chi connectivity index (χ4v) is 2.01. The molecule has 0 radical (unpaired) electrons. The first-order chi connectivity index (χ1) is 10.3. The molecule has 7 nitrogen and oxygen atoms in total. The van der Waals surface area contributed by atoms with Gasteiger partial charge in [0, 0.05) is 6.54 Å². The molecular weight excluding hydrogens is 284 g/mol. The minimum atomic E-state index is -0.797. The maximum Gasteiger partial charge on any atom is 0.408 e. The minimum absolute atomic E-state index is 0.201. The van der Waals surface area contributed by atoms with Crippen molar-refractivity contribution in [3.05, 3.63) is 23.8 Å². The molecule has 1 atom stereocenters. The van der Waals surface area contributed by atoms with Gasteiger partial charge in [-0.2, -0.15) is 5.26 Å². The Morgan fingerprint density at radius 1 is 1.45 bits per heavy atom. The molecule has 0 saturated carbocycles. The number of nitrogens with zero attached hydrogens (tertiary/aromatic N) is 1. The van der Waals surface area contributed by atoms with Gasteiger partial charge in [-0.25, -0.2) is 4.79 Å². The van der Waals surface area contributed by atoms with Crippen molar-refractivity contribution in [1.29, 1.82) is 5.26 Å². The average Bonchev–Trinajstić information content (AvgIpc) is 2.56. The van der Waals surface area contributed by atoms with Gasteiger partial charge in [0.15, 0.2) is 0 Å². The first kappa shape index (κ1) is 15.6. The number of fused-ring (bicyclic) bond motifs is 1. The van der Waals surface area contributed by atoms with Crippen LogP contribution in [0.5, 0.6) is 0 Å². The zero-order valence-corrected chi connectivity index (χ0v) is 12.7. The van der Waals surface area contributed by atoms with Crippen molar-refractivity contribution in [2.75, 3.05) is 17.2 Å². The summed E-state index contributed by atoms with van der Waals surface area (Å²) in [5.41, 5.74) is 0.774. The van der Waals surface area contributed by atoms with E-state index in [1.807, 2.05) is 6.07 Å². The number of carbonyl (C=O) groups excluding carboxylic acids is 2. The van der Waals surface area contributed by atoms with Gasteiger partial charge in [-0.15, -0.1) is 0 Å². The summed E-state index contributed by atoms with van der Waals surface area (Å²) in [7, 11) is 0. The zero-order valence-electron chi connectivity index (χ0n) is 12.7. The predicted molar refractivity (Wildman–Crippen MR) is 81.4 cm³/mol. The minimum Gasteiger partial charge on any atom is -0.444 e. The maximum atomic E-state index is 12.2. The van der Waals surface area contributed by atoms with Crippen molar-refractivity contribution >= 4 is 23.4 Å². The van der Waals surface area contributed by atoms with E-state index in [9.17, 15) is 9.59 Å². The summed E-state index contributed by atoms with van der Waals surface area (Å²) in [6.45, 7) is 5.43. The Morgan fingerprint density at radius 2 is 2.18 bits per heavy atom. The second kappa shape index (κ2) is 5.93. The number of hydrogen-bond acceptors (Lipinski definition) is 5. The second-order valence-corrected chi connectivity index (χ2v) is 5.91. The molecule has 22 heavy (non-hydrogen) atoms. The van der Waals surface area contributed by atoms with Crippen LogP contribution in [0.25, 0.3) is 0 Å². The zero-order chi connectivity index (χ0) is 16.3. The summed E-state index contributed by atoms with van der Waals surface area (Å²) in [5.74, 6) is -0.403. The SMILES string of the molecule is CC(C)(C)OC(=O)NC1CNc2cccc(C#N)c2NC1=O. The van der Waals surface area contributed by atoms with Gasteiger partial charge in [0.1, 0.15) is 17.7 Å². The number of ether oxygens (including phenoxy) is 1. The van der Waals surface area contributed by atoms with Gasteiger partial charge in [0.25, 0.3) is 0 Å². The van der Waals surface area contributed by atoms with Gasteiger partial charge in [-0.05, 0) is 32.9 Å². The molecular formula is C15H18N4O3. The summed E-state index contributed by atoms with van der Waals surface area (Å²) >= 11 is 0. The molecule has 0 spiro atoms. The molecule has 0 fully saturated rings. The van der Waals surface area contributed by atoms with Crippen molar-refractivity contribution in [3.8, 4) is 6.07 Å². The van der Waals surface area contributed by atoms with Crippen LogP contribution in [0.4, 0.5) is 16.2 Å². The number of hydrogen-bond donors (Lipinski definition) is 3. The molecule has 7 heteroatoms. The van der Waals surface area contributed by atoms with Crippen molar-refractivity contribution in [2.45, 2.75) is 32.4 Å². The number of amides is 2. The van der Waals surface area contributed by atoms with Gasteiger partial charge in [-0.3, -0.25) is 4.79 Å². The maximum absolute atomic E-state index is 12.2. The number of para-hydroxylation sites is 1. The van der Waals surface area contributed by atoms with E-state index >= 15 is 0 Å². The largest absolute Gasteiger partial charge is 0.444 e. The topological polar surface area (TPSA) is 103 Å². The predicted octanol–water partition coefficient (Wildman–Crippen LogP) is 1.82. The summed E-state index contributed by atoms with van der Waals surface area (Å²) in [4.78, 5) is 24.0. The van der Waals surface area contributed by atoms with E-state index in [4.69, 9.17) is 10.00 Å². The van der Waals surface area contributed by atoms with Crippen LogP contribution in [0.1, 0.15) is 26.3 Å². The third kappa shape index (κ3) is 3.67. The van der Waals surface area contributed by atoms with Crippen LogP contribution in [-0.4, -0.2) is 30.2 Å². The first-order valence-electron chi connectivity index (χ1n) is 6.87. The number of benzene rings is 1. The number of anilines is 2. The molecule has 1 unspecified atom stereocenters. The van der Waals surface area contributed by atoms with Gasteiger partial charge in [0.2, 0.25) is 5.91 Å². The first-order valence-corrected chi connectivity index (χ1v) is 6.87.